The first-order chi connectivity index (χ1) is 11.1. The molecule has 3 rings (SSSR count). The minimum absolute atomic E-state index is 0.143. The third kappa shape index (κ3) is 4.04. The molecule has 0 aliphatic carbocycles. The van der Waals surface area contributed by atoms with Crippen molar-refractivity contribution in [1.82, 2.24) is 14.8 Å². The molecule has 1 aliphatic heterocycles. The van der Waals surface area contributed by atoms with Gasteiger partial charge in [0.15, 0.2) is 11.0 Å². The summed E-state index contributed by atoms with van der Waals surface area (Å²) < 4.78 is 7.71. The molecule has 2 N–H and O–H groups in total. The SMILES string of the molecule is NC(=O)CSc1nnc(-c2ccc(Cl)cc2)n1C[C@H]1CCCO1. The van der Waals surface area contributed by atoms with E-state index in [0.29, 0.717) is 16.7 Å². The summed E-state index contributed by atoms with van der Waals surface area (Å²) in [7, 11) is 0. The number of nitrogens with zero attached hydrogens (tertiary/aromatic N) is 3. The molecule has 122 valence electrons. The second kappa shape index (κ2) is 7.33. The maximum absolute atomic E-state index is 11.0. The molecule has 0 saturated carbocycles. The second-order valence-corrected chi connectivity index (χ2v) is 6.69. The average Bonchev–Trinajstić information content (AvgIpc) is 3.17. The Hall–Kier alpha value is -1.57. The molecule has 1 aliphatic rings. The van der Waals surface area contributed by atoms with Crippen molar-refractivity contribution < 1.29 is 9.53 Å². The number of amides is 1. The molecule has 1 atom stereocenters. The zero-order chi connectivity index (χ0) is 16.2. The predicted molar refractivity (Wildman–Crippen MR) is 89.4 cm³/mol. The summed E-state index contributed by atoms with van der Waals surface area (Å²) in [6, 6.07) is 7.44. The van der Waals surface area contributed by atoms with Gasteiger partial charge < -0.3 is 10.5 Å². The first-order valence-corrected chi connectivity index (χ1v) is 8.71. The van der Waals surface area contributed by atoms with Crippen LogP contribution in [0.1, 0.15) is 12.8 Å². The predicted octanol–water partition coefficient (Wildman–Crippen LogP) is 2.35. The van der Waals surface area contributed by atoms with E-state index in [2.05, 4.69) is 10.2 Å². The van der Waals surface area contributed by atoms with Gasteiger partial charge in [-0.25, -0.2) is 0 Å². The third-order valence-corrected chi connectivity index (χ3v) is 4.81. The molecule has 0 radical (unpaired) electrons. The first-order valence-electron chi connectivity index (χ1n) is 7.35. The number of hydrogen-bond donors (Lipinski definition) is 1. The van der Waals surface area contributed by atoms with Gasteiger partial charge >= 0.3 is 0 Å². The van der Waals surface area contributed by atoms with Gasteiger partial charge in [-0.1, -0.05) is 23.4 Å². The molecule has 1 fully saturated rings. The van der Waals surface area contributed by atoms with Crippen molar-refractivity contribution >= 4 is 29.3 Å². The Morgan fingerprint density at radius 1 is 1.39 bits per heavy atom. The van der Waals surface area contributed by atoms with Crippen molar-refractivity contribution in [2.24, 2.45) is 5.73 Å². The second-order valence-electron chi connectivity index (χ2n) is 5.31. The lowest BCUT2D eigenvalue weighted by molar-refractivity contribution is -0.115. The van der Waals surface area contributed by atoms with Crippen LogP contribution < -0.4 is 5.73 Å². The van der Waals surface area contributed by atoms with E-state index in [1.165, 1.54) is 11.8 Å². The van der Waals surface area contributed by atoms with Crippen molar-refractivity contribution in [3.63, 3.8) is 0 Å². The maximum atomic E-state index is 11.0. The molecule has 0 spiro atoms. The zero-order valence-electron chi connectivity index (χ0n) is 12.4. The van der Waals surface area contributed by atoms with E-state index in [9.17, 15) is 4.79 Å². The first kappa shape index (κ1) is 16.3. The summed E-state index contributed by atoms with van der Waals surface area (Å²) in [4.78, 5) is 11.0. The smallest absolute Gasteiger partial charge is 0.227 e. The van der Waals surface area contributed by atoms with E-state index in [1.807, 2.05) is 28.8 Å². The van der Waals surface area contributed by atoms with Crippen LogP contribution in [0.2, 0.25) is 5.02 Å². The number of aromatic nitrogens is 3. The highest BCUT2D eigenvalue weighted by atomic mass is 35.5. The molecule has 23 heavy (non-hydrogen) atoms. The van der Waals surface area contributed by atoms with Gasteiger partial charge in [0.2, 0.25) is 5.91 Å². The topological polar surface area (TPSA) is 83.0 Å². The van der Waals surface area contributed by atoms with Crippen LogP contribution in [0.15, 0.2) is 29.4 Å². The fourth-order valence-corrected chi connectivity index (χ4v) is 3.31. The van der Waals surface area contributed by atoms with Crippen LogP contribution in [-0.4, -0.2) is 39.1 Å². The van der Waals surface area contributed by atoms with Crippen molar-refractivity contribution in [3.05, 3.63) is 29.3 Å². The van der Waals surface area contributed by atoms with Crippen LogP contribution >= 0.6 is 23.4 Å². The molecule has 1 amide bonds. The molecule has 8 heteroatoms. The highest BCUT2D eigenvalue weighted by molar-refractivity contribution is 7.99. The van der Waals surface area contributed by atoms with Gasteiger partial charge in [0, 0.05) is 17.2 Å². The van der Waals surface area contributed by atoms with Crippen LogP contribution in [-0.2, 0) is 16.1 Å². The number of primary amides is 1. The quantitative estimate of drug-likeness (QED) is 0.807. The van der Waals surface area contributed by atoms with E-state index in [4.69, 9.17) is 22.1 Å². The normalized spacial score (nSPS) is 17.5. The number of thioether (sulfide) groups is 1. The number of halogens is 1. The Labute approximate surface area is 143 Å². The van der Waals surface area contributed by atoms with Crippen molar-refractivity contribution in [3.8, 4) is 11.4 Å². The summed E-state index contributed by atoms with van der Waals surface area (Å²) in [5.74, 6) is 0.531. The van der Waals surface area contributed by atoms with Gasteiger partial charge in [0.05, 0.1) is 18.4 Å². The molecule has 1 aromatic carbocycles. The van der Waals surface area contributed by atoms with Crippen molar-refractivity contribution in [1.29, 1.82) is 0 Å². The van der Waals surface area contributed by atoms with Gasteiger partial charge in [-0.2, -0.15) is 0 Å². The monoisotopic (exact) mass is 352 g/mol. The largest absolute Gasteiger partial charge is 0.376 e. The van der Waals surface area contributed by atoms with E-state index >= 15 is 0 Å². The fraction of sp³-hybridized carbons (Fsp3) is 0.400. The molecule has 0 unspecified atom stereocenters. The van der Waals surface area contributed by atoms with Crippen molar-refractivity contribution in [2.45, 2.75) is 30.6 Å². The Morgan fingerprint density at radius 2 is 2.17 bits per heavy atom. The summed E-state index contributed by atoms with van der Waals surface area (Å²) in [6.45, 7) is 1.44. The lowest BCUT2D eigenvalue weighted by Crippen LogP contribution is -2.18. The van der Waals surface area contributed by atoms with Gasteiger partial charge in [-0.15, -0.1) is 10.2 Å². The van der Waals surface area contributed by atoms with E-state index in [0.717, 1.165) is 30.8 Å². The average molecular weight is 353 g/mol. The fourth-order valence-electron chi connectivity index (χ4n) is 2.50. The minimum atomic E-state index is -0.380. The number of carbonyl (C=O) groups excluding carboxylic acids is 1. The van der Waals surface area contributed by atoms with E-state index in [1.54, 1.807) is 0 Å². The number of nitrogens with two attached hydrogens (primary N) is 1. The standard InChI is InChI=1S/C15H17ClN4O2S/c16-11-5-3-10(4-6-11)14-18-19-15(23-9-13(17)21)20(14)8-12-2-1-7-22-12/h3-6,12H,1-2,7-9H2,(H2,17,21)/t12-/m1/s1. The summed E-state index contributed by atoms with van der Waals surface area (Å²) >= 11 is 7.24. The third-order valence-electron chi connectivity index (χ3n) is 3.57. The van der Waals surface area contributed by atoms with Gasteiger partial charge in [-0.3, -0.25) is 9.36 Å². The minimum Gasteiger partial charge on any atom is -0.376 e. The molecule has 2 aromatic rings. The molecular weight excluding hydrogens is 336 g/mol. The Kier molecular flexibility index (Phi) is 5.20. The van der Waals surface area contributed by atoms with E-state index < -0.39 is 0 Å². The maximum Gasteiger partial charge on any atom is 0.227 e. The molecule has 1 aromatic heterocycles. The van der Waals surface area contributed by atoms with Gasteiger partial charge in [0.25, 0.3) is 0 Å². The Morgan fingerprint density at radius 3 is 2.83 bits per heavy atom. The number of benzene rings is 1. The Bertz CT molecular complexity index is 683. The summed E-state index contributed by atoms with van der Waals surface area (Å²) in [5, 5.41) is 9.83. The van der Waals surface area contributed by atoms with E-state index in [-0.39, 0.29) is 17.8 Å². The number of hydrogen-bond acceptors (Lipinski definition) is 5. The molecule has 6 nitrogen and oxygen atoms in total. The zero-order valence-corrected chi connectivity index (χ0v) is 14.0. The Balaban J connectivity index is 1.90. The van der Waals surface area contributed by atoms with Crippen LogP contribution in [0.4, 0.5) is 0 Å². The lowest BCUT2D eigenvalue weighted by atomic mass is 10.2. The van der Waals surface area contributed by atoms with Gasteiger partial charge in [-0.05, 0) is 37.1 Å². The van der Waals surface area contributed by atoms with Crippen LogP contribution in [0, 0.1) is 0 Å². The molecular formula is C15H17ClN4O2S. The highest BCUT2D eigenvalue weighted by Crippen LogP contribution is 2.27. The number of carbonyl (C=O) groups is 1. The molecule has 0 bridgehead atoms. The van der Waals surface area contributed by atoms with Crippen molar-refractivity contribution in [2.75, 3.05) is 12.4 Å². The number of rotatable bonds is 6. The number of ether oxygens (including phenoxy) is 1. The highest BCUT2D eigenvalue weighted by Gasteiger charge is 2.22. The van der Waals surface area contributed by atoms with Gasteiger partial charge in [0.1, 0.15) is 0 Å². The van der Waals surface area contributed by atoms with Crippen LogP contribution in [0.5, 0.6) is 0 Å². The molecule has 2 heterocycles. The lowest BCUT2D eigenvalue weighted by Gasteiger charge is -2.14. The molecule has 1 saturated heterocycles. The van der Waals surface area contributed by atoms with Crippen LogP contribution in [0.3, 0.4) is 0 Å². The summed E-state index contributed by atoms with van der Waals surface area (Å²) in [5.41, 5.74) is 6.15. The summed E-state index contributed by atoms with van der Waals surface area (Å²) in [6.07, 6.45) is 2.22. The van der Waals surface area contributed by atoms with Crippen LogP contribution in [0.25, 0.3) is 11.4 Å².